The molecule has 0 aromatic heterocycles. The zero-order chi connectivity index (χ0) is 19.2. The quantitative estimate of drug-likeness (QED) is 0.399. The molecule has 0 amide bonds. The molecule has 3 nitrogen and oxygen atoms in total. The maximum Gasteiger partial charge on any atom is 0.310 e. The molecular formula is C22H16Cl2O3. The summed E-state index contributed by atoms with van der Waals surface area (Å²) in [6, 6.07) is 22.2. The van der Waals surface area contributed by atoms with Crippen molar-refractivity contribution in [1.82, 2.24) is 0 Å². The summed E-state index contributed by atoms with van der Waals surface area (Å²) in [5, 5.41) is 0.674. The van der Waals surface area contributed by atoms with Gasteiger partial charge in [-0.1, -0.05) is 77.8 Å². The third-order valence-corrected chi connectivity index (χ3v) is 4.55. The molecule has 0 saturated heterocycles. The van der Waals surface area contributed by atoms with E-state index in [1.54, 1.807) is 6.07 Å². The van der Waals surface area contributed by atoms with Gasteiger partial charge in [0.25, 0.3) is 0 Å². The van der Waals surface area contributed by atoms with Gasteiger partial charge in [-0.15, -0.1) is 0 Å². The molecule has 0 fully saturated rings. The number of hydrogen-bond acceptors (Lipinski definition) is 3. The Labute approximate surface area is 167 Å². The van der Waals surface area contributed by atoms with Crippen LogP contribution in [0, 0.1) is 0 Å². The molecule has 136 valence electrons. The maximum atomic E-state index is 12.1. The summed E-state index contributed by atoms with van der Waals surface area (Å²) in [7, 11) is 0. The van der Waals surface area contributed by atoms with E-state index in [2.05, 4.69) is 0 Å². The topological polar surface area (TPSA) is 43.4 Å². The zero-order valence-electron chi connectivity index (χ0n) is 14.3. The highest BCUT2D eigenvalue weighted by molar-refractivity contribution is 6.36. The van der Waals surface area contributed by atoms with Crippen LogP contribution in [0.3, 0.4) is 0 Å². The Balaban J connectivity index is 1.55. The molecule has 3 aromatic carbocycles. The van der Waals surface area contributed by atoms with Crippen LogP contribution in [0.2, 0.25) is 10.0 Å². The number of Topliss-reactive ketones (excluding diaryl/α,β-unsaturated/α-hetero) is 1. The Morgan fingerprint density at radius 1 is 0.815 bits per heavy atom. The van der Waals surface area contributed by atoms with Crippen molar-refractivity contribution in [1.29, 1.82) is 0 Å². The van der Waals surface area contributed by atoms with Gasteiger partial charge in [0.2, 0.25) is 5.78 Å². The van der Waals surface area contributed by atoms with Gasteiger partial charge < -0.3 is 4.74 Å². The van der Waals surface area contributed by atoms with E-state index in [0.717, 1.165) is 16.7 Å². The number of hydrogen-bond donors (Lipinski definition) is 0. The van der Waals surface area contributed by atoms with E-state index in [0.29, 0.717) is 5.02 Å². The zero-order valence-corrected chi connectivity index (χ0v) is 15.8. The van der Waals surface area contributed by atoms with Crippen LogP contribution in [0.1, 0.15) is 15.9 Å². The molecule has 27 heavy (non-hydrogen) atoms. The number of rotatable bonds is 6. The van der Waals surface area contributed by atoms with Crippen molar-refractivity contribution < 1.29 is 14.3 Å². The van der Waals surface area contributed by atoms with Crippen LogP contribution < -0.4 is 0 Å². The number of ketones is 1. The molecule has 3 aromatic rings. The van der Waals surface area contributed by atoms with E-state index in [-0.39, 0.29) is 29.4 Å². The lowest BCUT2D eigenvalue weighted by atomic mass is 10.0. The van der Waals surface area contributed by atoms with E-state index >= 15 is 0 Å². The molecule has 0 radical (unpaired) electrons. The molecule has 3 rings (SSSR count). The number of halogens is 2. The highest BCUT2D eigenvalue weighted by atomic mass is 35.5. The SMILES string of the molecule is O=C(Cc1ccc(-c2ccccc2)cc1)OCC(=O)c1ccc(Cl)cc1Cl. The number of carbonyl (C=O) groups excluding carboxylic acids is 2. The van der Waals surface area contributed by atoms with E-state index in [1.165, 1.54) is 12.1 Å². The molecule has 0 aliphatic rings. The first-order chi connectivity index (χ1) is 13.0. The van der Waals surface area contributed by atoms with Crippen LogP contribution in [0.15, 0.2) is 72.8 Å². The number of esters is 1. The average Bonchev–Trinajstić information content (AvgIpc) is 2.67. The van der Waals surface area contributed by atoms with E-state index < -0.39 is 5.97 Å². The van der Waals surface area contributed by atoms with Crippen molar-refractivity contribution in [3.05, 3.63) is 94.0 Å². The van der Waals surface area contributed by atoms with Gasteiger partial charge in [-0.3, -0.25) is 9.59 Å². The third-order valence-electron chi connectivity index (χ3n) is 4.01. The second-order valence-corrected chi connectivity index (χ2v) is 6.79. The summed E-state index contributed by atoms with van der Waals surface area (Å²) < 4.78 is 5.08. The molecule has 0 N–H and O–H groups in total. The second kappa shape index (κ2) is 8.85. The molecule has 0 spiro atoms. The fourth-order valence-corrected chi connectivity index (χ4v) is 3.12. The van der Waals surface area contributed by atoms with Gasteiger partial charge in [0.05, 0.1) is 11.4 Å². The van der Waals surface area contributed by atoms with Gasteiger partial charge in [0, 0.05) is 10.6 Å². The van der Waals surface area contributed by atoms with Crippen LogP contribution >= 0.6 is 23.2 Å². The summed E-state index contributed by atoms with van der Waals surface area (Å²) in [5.41, 5.74) is 3.27. The van der Waals surface area contributed by atoms with Gasteiger partial charge in [-0.25, -0.2) is 0 Å². The molecule has 0 bridgehead atoms. The fourth-order valence-electron chi connectivity index (χ4n) is 2.60. The Kier molecular flexibility index (Phi) is 6.28. The first-order valence-electron chi connectivity index (χ1n) is 8.31. The van der Waals surface area contributed by atoms with Crippen molar-refractivity contribution >= 4 is 35.0 Å². The predicted octanol–water partition coefficient (Wildman–Crippen LogP) is 5.63. The molecule has 0 aliphatic carbocycles. The Morgan fingerprint density at radius 2 is 1.48 bits per heavy atom. The van der Waals surface area contributed by atoms with Crippen molar-refractivity contribution in [2.75, 3.05) is 6.61 Å². The summed E-state index contributed by atoms with van der Waals surface area (Å²) in [6.07, 6.45) is 0.0939. The van der Waals surface area contributed by atoms with E-state index in [9.17, 15) is 9.59 Å². The van der Waals surface area contributed by atoms with E-state index in [1.807, 2.05) is 54.6 Å². The van der Waals surface area contributed by atoms with Crippen LogP contribution in [0.5, 0.6) is 0 Å². The largest absolute Gasteiger partial charge is 0.457 e. The molecular weight excluding hydrogens is 383 g/mol. The summed E-state index contributed by atoms with van der Waals surface area (Å²) >= 11 is 11.8. The summed E-state index contributed by atoms with van der Waals surface area (Å²) in [4.78, 5) is 24.1. The first-order valence-corrected chi connectivity index (χ1v) is 9.07. The number of ether oxygens (including phenoxy) is 1. The first kappa shape index (κ1) is 19.2. The van der Waals surface area contributed by atoms with Gasteiger partial charge in [-0.2, -0.15) is 0 Å². The van der Waals surface area contributed by atoms with Gasteiger partial charge in [0.1, 0.15) is 0 Å². The molecule has 5 heteroatoms. The minimum Gasteiger partial charge on any atom is -0.457 e. The molecule has 0 unspecified atom stereocenters. The lowest BCUT2D eigenvalue weighted by Gasteiger charge is -2.07. The minimum absolute atomic E-state index is 0.0939. The van der Waals surface area contributed by atoms with Gasteiger partial charge in [0.15, 0.2) is 6.61 Å². The molecule has 0 heterocycles. The van der Waals surface area contributed by atoms with Crippen molar-refractivity contribution in [2.45, 2.75) is 6.42 Å². The lowest BCUT2D eigenvalue weighted by Crippen LogP contribution is -2.16. The monoisotopic (exact) mass is 398 g/mol. The van der Waals surface area contributed by atoms with Crippen LogP contribution in [0.25, 0.3) is 11.1 Å². The van der Waals surface area contributed by atoms with Crippen LogP contribution in [-0.4, -0.2) is 18.4 Å². The van der Waals surface area contributed by atoms with Crippen LogP contribution in [-0.2, 0) is 16.0 Å². The van der Waals surface area contributed by atoms with Gasteiger partial charge in [-0.05, 0) is 34.9 Å². The van der Waals surface area contributed by atoms with Gasteiger partial charge >= 0.3 is 5.97 Å². The fraction of sp³-hybridized carbons (Fsp3) is 0.0909. The third kappa shape index (κ3) is 5.19. The Bertz CT molecular complexity index is 951. The standard InChI is InChI=1S/C22H16Cl2O3/c23-18-10-11-19(20(24)13-18)21(25)14-27-22(26)12-15-6-8-17(9-7-15)16-4-2-1-3-5-16/h1-11,13H,12,14H2. The maximum absolute atomic E-state index is 12.1. The number of carbonyl (C=O) groups is 2. The van der Waals surface area contributed by atoms with Crippen molar-refractivity contribution in [3.63, 3.8) is 0 Å². The van der Waals surface area contributed by atoms with Crippen molar-refractivity contribution in [2.24, 2.45) is 0 Å². The minimum atomic E-state index is -0.471. The number of benzene rings is 3. The highest BCUT2D eigenvalue weighted by Crippen LogP contribution is 2.22. The lowest BCUT2D eigenvalue weighted by molar-refractivity contribution is -0.141. The Hall–Kier alpha value is -2.62. The molecule has 0 saturated carbocycles. The smallest absolute Gasteiger partial charge is 0.310 e. The molecule has 0 atom stereocenters. The average molecular weight is 399 g/mol. The summed E-state index contributed by atoms with van der Waals surface area (Å²) in [5.74, 6) is -0.842. The summed E-state index contributed by atoms with van der Waals surface area (Å²) in [6.45, 7) is -0.359. The molecule has 0 aliphatic heterocycles. The predicted molar refractivity (Wildman–Crippen MR) is 107 cm³/mol. The van der Waals surface area contributed by atoms with E-state index in [4.69, 9.17) is 27.9 Å². The Morgan fingerprint density at radius 3 is 2.15 bits per heavy atom. The second-order valence-electron chi connectivity index (χ2n) is 5.95. The van der Waals surface area contributed by atoms with Crippen LogP contribution in [0.4, 0.5) is 0 Å². The van der Waals surface area contributed by atoms with Crippen molar-refractivity contribution in [3.8, 4) is 11.1 Å². The highest BCUT2D eigenvalue weighted by Gasteiger charge is 2.14. The normalized spacial score (nSPS) is 10.4.